The van der Waals surface area contributed by atoms with Crippen molar-refractivity contribution in [2.24, 2.45) is 0 Å². The van der Waals surface area contributed by atoms with Gasteiger partial charge in [-0.05, 0) is 43.0 Å². The highest BCUT2D eigenvalue weighted by molar-refractivity contribution is 5.99. The molecule has 0 radical (unpaired) electrons. The number of nitrogens with zero attached hydrogens (tertiary/aromatic N) is 3. The molecule has 0 spiro atoms. The Morgan fingerprint density at radius 2 is 1.85 bits per heavy atom. The number of fused-ring (bicyclic) bond motifs is 1. The zero-order valence-corrected chi connectivity index (χ0v) is 14.5. The van der Waals surface area contributed by atoms with Crippen molar-refractivity contribution in [1.82, 2.24) is 0 Å². The largest absolute Gasteiger partial charge is 0.419 e. The summed E-state index contributed by atoms with van der Waals surface area (Å²) in [5.74, 6) is 0. The number of anilines is 1. The molecule has 0 unspecified atom stereocenters. The normalized spacial score (nSPS) is 15.0. The first kappa shape index (κ1) is 18.5. The molecule has 1 aliphatic heterocycles. The molecule has 0 aliphatic carbocycles. The van der Waals surface area contributed by atoms with Crippen LogP contribution >= 0.6 is 0 Å². The van der Waals surface area contributed by atoms with E-state index >= 15 is 0 Å². The number of aryl methyl sites for hydroxylation is 1. The number of allylic oxidation sites excluding steroid dienone is 3. The van der Waals surface area contributed by atoms with Crippen molar-refractivity contribution in [2.45, 2.75) is 20.0 Å². The number of hydrogen-bond acceptors (Lipinski definition) is 4. The maximum Gasteiger partial charge on any atom is 0.419 e. The lowest BCUT2D eigenvalue weighted by Gasteiger charge is -2.30. The fourth-order valence-electron chi connectivity index (χ4n) is 3.30. The third-order valence-corrected chi connectivity index (χ3v) is 4.41. The van der Waals surface area contributed by atoms with E-state index in [2.05, 4.69) is 0 Å². The summed E-state index contributed by atoms with van der Waals surface area (Å²) >= 11 is 0. The Kier molecular flexibility index (Phi) is 4.39. The van der Waals surface area contributed by atoms with Crippen LogP contribution in [0, 0.1) is 28.4 Å². The Morgan fingerprint density at radius 3 is 2.41 bits per heavy atom. The van der Waals surface area contributed by atoms with Gasteiger partial charge < -0.3 is 4.90 Å². The summed E-state index contributed by atoms with van der Waals surface area (Å²) in [5, 5.41) is 22.1. The third-order valence-electron chi connectivity index (χ3n) is 4.41. The number of alkyl halides is 3. The van der Waals surface area contributed by atoms with Gasteiger partial charge in [0.15, 0.2) is 0 Å². The predicted octanol–water partition coefficient (Wildman–Crippen LogP) is 5.16. The number of rotatable bonds is 2. The molecular weight excluding hydrogens is 359 g/mol. The van der Waals surface area contributed by atoms with Gasteiger partial charge in [-0.15, -0.1) is 0 Å². The maximum absolute atomic E-state index is 13.4. The van der Waals surface area contributed by atoms with Gasteiger partial charge >= 0.3 is 11.9 Å². The van der Waals surface area contributed by atoms with Gasteiger partial charge in [-0.25, -0.2) is 0 Å². The summed E-state index contributed by atoms with van der Waals surface area (Å²) < 4.78 is 40.3. The molecular formula is C19H14F3N3O2. The Morgan fingerprint density at radius 1 is 1.22 bits per heavy atom. The van der Waals surface area contributed by atoms with Gasteiger partial charge in [0.05, 0.1) is 15.9 Å². The van der Waals surface area contributed by atoms with E-state index in [0.717, 1.165) is 11.0 Å². The Balaban J connectivity index is 2.37. The molecule has 1 heterocycles. The van der Waals surface area contributed by atoms with Crippen molar-refractivity contribution in [3.05, 3.63) is 68.9 Å². The number of halogens is 3. The van der Waals surface area contributed by atoms with E-state index in [-0.39, 0.29) is 17.9 Å². The van der Waals surface area contributed by atoms with Crippen LogP contribution in [0.15, 0.2) is 53.3 Å². The fraction of sp³-hybridized carbons (Fsp3) is 0.211. The van der Waals surface area contributed by atoms with Crippen molar-refractivity contribution in [2.75, 3.05) is 11.4 Å². The van der Waals surface area contributed by atoms with Crippen LogP contribution in [0.1, 0.15) is 12.5 Å². The van der Waals surface area contributed by atoms with Gasteiger partial charge in [-0.1, -0.05) is 23.8 Å². The van der Waals surface area contributed by atoms with E-state index in [9.17, 15) is 28.5 Å². The van der Waals surface area contributed by atoms with Gasteiger partial charge in [0, 0.05) is 6.54 Å². The standard InChI is InChI=1S/C19H14F3N3O2/c1-11-7-15(19(20,21)22)17(9-23)24(10-11)16-8-12(2)13-5-3-4-6-14(13)18(16)25(26)27/h3-8H,10H2,1-2H3. The maximum atomic E-state index is 13.4. The van der Waals surface area contributed by atoms with Crippen molar-refractivity contribution in [3.8, 4) is 6.07 Å². The lowest BCUT2D eigenvalue weighted by Crippen LogP contribution is -2.32. The summed E-state index contributed by atoms with van der Waals surface area (Å²) in [7, 11) is 0. The first-order chi connectivity index (χ1) is 12.6. The quantitative estimate of drug-likeness (QED) is 0.538. The molecule has 0 aromatic heterocycles. The first-order valence-corrected chi connectivity index (χ1v) is 7.98. The summed E-state index contributed by atoms with van der Waals surface area (Å²) in [6.45, 7) is 3.18. The third kappa shape index (κ3) is 3.12. The number of benzene rings is 2. The predicted molar refractivity (Wildman–Crippen MR) is 95.1 cm³/mol. The number of nitriles is 1. The average molecular weight is 373 g/mol. The van der Waals surface area contributed by atoms with Crippen molar-refractivity contribution in [3.63, 3.8) is 0 Å². The zero-order chi connectivity index (χ0) is 19.9. The molecule has 27 heavy (non-hydrogen) atoms. The second-order valence-electron chi connectivity index (χ2n) is 6.31. The minimum absolute atomic E-state index is 0.0260. The molecule has 3 rings (SSSR count). The highest BCUT2D eigenvalue weighted by Crippen LogP contribution is 2.43. The molecule has 2 aromatic carbocycles. The second kappa shape index (κ2) is 6.43. The van der Waals surface area contributed by atoms with Gasteiger partial charge in [0.2, 0.25) is 0 Å². The lowest BCUT2D eigenvalue weighted by molar-refractivity contribution is -0.382. The monoisotopic (exact) mass is 373 g/mol. The lowest BCUT2D eigenvalue weighted by atomic mass is 9.98. The molecule has 2 aromatic rings. The zero-order valence-electron chi connectivity index (χ0n) is 14.5. The molecule has 8 heteroatoms. The number of nitro benzene ring substituents is 1. The number of nitro groups is 1. The van der Waals surface area contributed by atoms with Crippen LogP contribution < -0.4 is 4.90 Å². The Bertz CT molecular complexity index is 1060. The van der Waals surface area contributed by atoms with E-state index in [1.807, 2.05) is 0 Å². The van der Waals surface area contributed by atoms with E-state index in [0.29, 0.717) is 21.9 Å². The van der Waals surface area contributed by atoms with Crippen LogP contribution in [0.25, 0.3) is 10.8 Å². The molecule has 0 saturated carbocycles. The smallest absolute Gasteiger partial charge is 0.323 e. The van der Waals surface area contributed by atoms with Gasteiger partial charge in [0.1, 0.15) is 17.5 Å². The van der Waals surface area contributed by atoms with Crippen molar-refractivity contribution < 1.29 is 18.1 Å². The Labute approximate surface area is 152 Å². The van der Waals surface area contributed by atoms with Gasteiger partial charge in [0.25, 0.3) is 0 Å². The van der Waals surface area contributed by atoms with E-state index in [4.69, 9.17) is 0 Å². The first-order valence-electron chi connectivity index (χ1n) is 7.98. The van der Waals surface area contributed by atoms with E-state index in [1.165, 1.54) is 13.0 Å². The number of hydrogen-bond donors (Lipinski definition) is 0. The Hall–Kier alpha value is -3.34. The molecule has 0 bridgehead atoms. The summed E-state index contributed by atoms with van der Waals surface area (Å²) in [6, 6.07) is 9.67. The molecule has 0 amide bonds. The van der Waals surface area contributed by atoms with Crippen LogP contribution in [-0.2, 0) is 0 Å². The summed E-state index contributed by atoms with van der Waals surface area (Å²) in [5.41, 5.74) is -1.08. The topological polar surface area (TPSA) is 70.2 Å². The van der Waals surface area contributed by atoms with E-state index in [1.54, 1.807) is 37.3 Å². The van der Waals surface area contributed by atoms with Gasteiger partial charge in [-0.3, -0.25) is 10.1 Å². The highest BCUT2D eigenvalue weighted by Gasteiger charge is 2.40. The minimum atomic E-state index is -4.74. The van der Waals surface area contributed by atoms with E-state index < -0.39 is 22.4 Å². The van der Waals surface area contributed by atoms with Crippen LogP contribution in [0.2, 0.25) is 0 Å². The summed E-state index contributed by atoms with van der Waals surface area (Å²) in [4.78, 5) is 12.2. The minimum Gasteiger partial charge on any atom is -0.323 e. The second-order valence-corrected chi connectivity index (χ2v) is 6.31. The fourth-order valence-corrected chi connectivity index (χ4v) is 3.30. The molecule has 5 nitrogen and oxygen atoms in total. The highest BCUT2D eigenvalue weighted by atomic mass is 19.4. The molecule has 0 atom stereocenters. The molecule has 0 fully saturated rings. The van der Waals surface area contributed by atoms with Crippen LogP contribution in [-0.4, -0.2) is 17.6 Å². The summed E-state index contributed by atoms with van der Waals surface area (Å²) in [6.07, 6.45) is -3.83. The molecule has 1 aliphatic rings. The van der Waals surface area contributed by atoms with Crippen molar-refractivity contribution in [1.29, 1.82) is 5.26 Å². The molecule has 138 valence electrons. The van der Waals surface area contributed by atoms with Crippen LogP contribution in [0.3, 0.4) is 0 Å². The van der Waals surface area contributed by atoms with Crippen molar-refractivity contribution >= 4 is 22.1 Å². The van der Waals surface area contributed by atoms with Gasteiger partial charge in [-0.2, -0.15) is 18.4 Å². The average Bonchev–Trinajstić information content (AvgIpc) is 2.59. The van der Waals surface area contributed by atoms with Crippen LogP contribution in [0.5, 0.6) is 0 Å². The van der Waals surface area contributed by atoms with Crippen LogP contribution in [0.4, 0.5) is 24.5 Å². The molecule has 0 N–H and O–H groups in total. The molecule has 0 saturated heterocycles. The SMILES string of the molecule is CC1=CC(C(F)(F)F)=C(C#N)N(c2cc(C)c3ccccc3c2[N+](=O)[O-])C1.